The minimum atomic E-state index is -1.15. The molecule has 1 heterocycles. The summed E-state index contributed by atoms with van der Waals surface area (Å²) in [6.07, 6.45) is -0.162. The normalized spacial score (nSPS) is 12.0. The molecule has 2 rings (SSSR count). The number of carboxylic acid groups (broad SMARTS) is 1. The number of carboxylic acids is 1. The van der Waals surface area contributed by atoms with Gasteiger partial charge in [-0.3, -0.25) is 9.59 Å². The molecule has 1 atom stereocenters. The van der Waals surface area contributed by atoms with E-state index in [0.29, 0.717) is 10.9 Å². The van der Waals surface area contributed by atoms with Gasteiger partial charge in [-0.1, -0.05) is 0 Å². The molecule has 7 nitrogen and oxygen atoms in total. The third-order valence-corrected chi connectivity index (χ3v) is 2.91. The van der Waals surface area contributed by atoms with E-state index in [1.807, 2.05) is 0 Å². The Morgan fingerprint density at radius 2 is 2.05 bits per heavy atom. The Morgan fingerprint density at radius 3 is 2.71 bits per heavy atom. The molecule has 110 valence electrons. The standard InChI is InChI=1S/C14H13NO6/c1-7(14(19)20)15-12(17)4-8-5-13(18)21-11-6-9(16)2-3-10(8)11/h2-3,5-7,16H,4H2,1H3,(H,15,17)(H,19,20). The number of hydrogen-bond acceptors (Lipinski definition) is 5. The SMILES string of the molecule is CC(NC(=O)Cc1cc(=O)oc2cc(O)ccc12)C(=O)O. The van der Waals surface area contributed by atoms with Gasteiger partial charge in [0.1, 0.15) is 17.4 Å². The van der Waals surface area contributed by atoms with Gasteiger partial charge in [-0.05, 0) is 24.6 Å². The number of phenols is 1. The van der Waals surface area contributed by atoms with E-state index >= 15 is 0 Å². The third kappa shape index (κ3) is 3.38. The summed E-state index contributed by atoms with van der Waals surface area (Å²) in [7, 11) is 0. The molecule has 21 heavy (non-hydrogen) atoms. The molecule has 1 aromatic carbocycles. The molecule has 1 amide bonds. The average Bonchev–Trinajstić information content (AvgIpc) is 2.37. The maximum Gasteiger partial charge on any atom is 0.336 e. The molecule has 0 radical (unpaired) electrons. The Labute approximate surface area is 118 Å². The fourth-order valence-corrected chi connectivity index (χ4v) is 1.89. The van der Waals surface area contributed by atoms with Crippen LogP contribution in [0.5, 0.6) is 5.75 Å². The second kappa shape index (κ2) is 5.66. The highest BCUT2D eigenvalue weighted by atomic mass is 16.4. The van der Waals surface area contributed by atoms with Gasteiger partial charge in [0.2, 0.25) is 5.91 Å². The number of rotatable bonds is 4. The van der Waals surface area contributed by atoms with Crippen molar-refractivity contribution >= 4 is 22.8 Å². The Hall–Kier alpha value is -2.83. The van der Waals surface area contributed by atoms with Crippen molar-refractivity contribution in [3.63, 3.8) is 0 Å². The lowest BCUT2D eigenvalue weighted by Gasteiger charge is -2.10. The van der Waals surface area contributed by atoms with E-state index in [2.05, 4.69) is 5.32 Å². The van der Waals surface area contributed by atoms with Gasteiger partial charge in [-0.2, -0.15) is 0 Å². The molecule has 2 aromatic rings. The number of fused-ring (bicyclic) bond motifs is 1. The van der Waals surface area contributed by atoms with Crippen LogP contribution in [0, 0.1) is 0 Å². The molecule has 0 fully saturated rings. The molecular formula is C14H13NO6. The zero-order valence-electron chi connectivity index (χ0n) is 11.1. The van der Waals surface area contributed by atoms with Gasteiger partial charge in [0.15, 0.2) is 0 Å². The van der Waals surface area contributed by atoms with Gasteiger partial charge >= 0.3 is 11.6 Å². The number of nitrogens with one attached hydrogen (secondary N) is 1. The second-order valence-corrected chi connectivity index (χ2v) is 4.58. The minimum absolute atomic E-state index is 0.0632. The highest BCUT2D eigenvalue weighted by Gasteiger charge is 2.16. The first-order valence-electron chi connectivity index (χ1n) is 6.15. The summed E-state index contributed by atoms with van der Waals surface area (Å²) in [6, 6.07) is 4.36. The molecule has 0 aliphatic carbocycles. The molecule has 0 saturated heterocycles. The van der Waals surface area contributed by atoms with Crippen LogP contribution in [0.15, 0.2) is 33.5 Å². The molecule has 0 aliphatic rings. The molecule has 0 spiro atoms. The lowest BCUT2D eigenvalue weighted by Crippen LogP contribution is -2.39. The van der Waals surface area contributed by atoms with Gasteiger partial charge in [-0.15, -0.1) is 0 Å². The number of aromatic hydroxyl groups is 1. The molecule has 1 aromatic heterocycles. The van der Waals surface area contributed by atoms with Gasteiger partial charge < -0.3 is 19.9 Å². The molecule has 7 heteroatoms. The van der Waals surface area contributed by atoms with Crippen molar-refractivity contribution < 1.29 is 24.2 Å². The van der Waals surface area contributed by atoms with Crippen LogP contribution in [0.3, 0.4) is 0 Å². The summed E-state index contributed by atoms with van der Waals surface area (Å²) in [4.78, 5) is 33.9. The van der Waals surface area contributed by atoms with Crippen LogP contribution in [0.25, 0.3) is 11.0 Å². The van der Waals surface area contributed by atoms with Crippen molar-refractivity contribution in [2.75, 3.05) is 0 Å². The maximum atomic E-state index is 11.8. The highest BCUT2D eigenvalue weighted by Crippen LogP contribution is 2.22. The van der Waals surface area contributed by atoms with Crippen LogP contribution in [0.4, 0.5) is 0 Å². The van der Waals surface area contributed by atoms with Crippen LogP contribution >= 0.6 is 0 Å². The molecule has 0 saturated carbocycles. The first-order chi connectivity index (χ1) is 9.86. The van der Waals surface area contributed by atoms with Gasteiger partial charge in [0.25, 0.3) is 0 Å². The first kappa shape index (κ1) is 14.6. The Kier molecular flexibility index (Phi) is 3.93. The first-order valence-corrected chi connectivity index (χ1v) is 6.15. The zero-order valence-corrected chi connectivity index (χ0v) is 11.1. The number of phenolic OH excluding ortho intramolecular Hbond substituents is 1. The van der Waals surface area contributed by atoms with Crippen molar-refractivity contribution in [2.45, 2.75) is 19.4 Å². The summed E-state index contributed by atoms with van der Waals surface area (Å²) in [6.45, 7) is 1.34. The monoisotopic (exact) mass is 291 g/mol. The largest absolute Gasteiger partial charge is 0.508 e. The Balaban J connectivity index is 2.32. The Bertz CT molecular complexity index is 764. The molecule has 3 N–H and O–H groups in total. The number of carbonyl (C=O) groups is 2. The summed E-state index contributed by atoms with van der Waals surface area (Å²) >= 11 is 0. The average molecular weight is 291 g/mol. The van der Waals surface area contributed by atoms with Crippen molar-refractivity contribution in [2.24, 2.45) is 0 Å². The third-order valence-electron chi connectivity index (χ3n) is 2.91. The van der Waals surface area contributed by atoms with Crippen molar-refractivity contribution in [3.8, 4) is 5.75 Å². The Morgan fingerprint density at radius 1 is 1.33 bits per heavy atom. The summed E-state index contributed by atoms with van der Waals surface area (Å²) in [5, 5.41) is 20.9. The van der Waals surface area contributed by atoms with Crippen LogP contribution in [0.2, 0.25) is 0 Å². The van der Waals surface area contributed by atoms with Crippen molar-refractivity contribution in [3.05, 3.63) is 40.2 Å². The number of hydrogen-bond donors (Lipinski definition) is 3. The number of aliphatic carboxylic acids is 1. The van der Waals surface area contributed by atoms with Gasteiger partial charge in [0, 0.05) is 17.5 Å². The summed E-state index contributed by atoms with van der Waals surface area (Å²) < 4.78 is 4.94. The highest BCUT2D eigenvalue weighted by molar-refractivity contribution is 5.89. The van der Waals surface area contributed by atoms with E-state index in [1.165, 1.54) is 31.2 Å². The molecule has 0 bridgehead atoms. The van der Waals surface area contributed by atoms with Crippen molar-refractivity contribution in [1.29, 1.82) is 0 Å². The minimum Gasteiger partial charge on any atom is -0.508 e. The number of carbonyl (C=O) groups excluding carboxylic acids is 1. The van der Waals surface area contributed by atoms with E-state index in [1.54, 1.807) is 0 Å². The van der Waals surface area contributed by atoms with Crippen LogP contribution in [-0.4, -0.2) is 28.1 Å². The van der Waals surface area contributed by atoms with Crippen LogP contribution in [-0.2, 0) is 16.0 Å². The van der Waals surface area contributed by atoms with E-state index in [0.717, 1.165) is 0 Å². The molecular weight excluding hydrogens is 278 g/mol. The number of benzene rings is 1. The second-order valence-electron chi connectivity index (χ2n) is 4.58. The van der Waals surface area contributed by atoms with E-state index in [-0.39, 0.29) is 17.8 Å². The number of amides is 1. The lowest BCUT2D eigenvalue weighted by atomic mass is 10.1. The topological polar surface area (TPSA) is 117 Å². The zero-order chi connectivity index (χ0) is 15.6. The van der Waals surface area contributed by atoms with E-state index < -0.39 is 23.5 Å². The molecule has 1 unspecified atom stereocenters. The fraction of sp³-hybridized carbons (Fsp3) is 0.214. The molecule has 0 aliphatic heterocycles. The predicted octanol–water partition coefficient (Wildman–Crippen LogP) is 0.630. The summed E-state index contributed by atoms with van der Waals surface area (Å²) in [5.74, 6) is -1.73. The van der Waals surface area contributed by atoms with E-state index in [9.17, 15) is 19.5 Å². The van der Waals surface area contributed by atoms with Gasteiger partial charge in [0.05, 0.1) is 6.42 Å². The van der Waals surface area contributed by atoms with Crippen LogP contribution in [0.1, 0.15) is 12.5 Å². The van der Waals surface area contributed by atoms with E-state index in [4.69, 9.17) is 9.52 Å². The van der Waals surface area contributed by atoms with Gasteiger partial charge in [-0.25, -0.2) is 4.79 Å². The van der Waals surface area contributed by atoms with Crippen LogP contribution < -0.4 is 10.9 Å². The maximum absolute atomic E-state index is 11.8. The quantitative estimate of drug-likeness (QED) is 0.711. The lowest BCUT2D eigenvalue weighted by molar-refractivity contribution is -0.141. The fourth-order valence-electron chi connectivity index (χ4n) is 1.89. The smallest absolute Gasteiger partial charge is 0.336 e. The summed E-state index contributed by atoms with van der Waals surface area (Å²) in [5.41, 5.74) is -0.0879. The predicted molar refractivity (Wildman–Crippen MR) is 73.1 cm³/mol. The van der Waals surface area contributed by atoms with Crippen molar-refractivity contribution in [1.82, 2.24) is 5.32 Å².